The van der Waals surface area contributed by atoms with Gasteiger partial charge in [0.1, 0.15) is 6.10 Å². The number of rotatable bonds is 2. The number of aliphatic hydroxyl groups excluding tert-OH is 1. The van der Waals surface area contributed by atoms with E-state index in [1.807, 2.05) is 31.2 Å². The van der Waals surface area contributed by atoms with Crippen LogP contribution in [0.3, 0.4) is 0 Å². The highest BCUT2D eigenvalue weighted by Gasteiger charge is 2.39. The molecule has 4 nitrogen and oxygen atoms in total. The highest BCUT2D eigenvalue weighted by atomic mass is 35.5. The summed E-state index contributed by atoms with van der Waals surface area (Å²) >= 11 is 6.09. The molecule has 0 aliphatic carbocycles. The van der Waals surface area contributed by atoms with Gasteiger partial charge in [0.25, 0.3) is 0 Å². The Morgan fingerprint density at radius 1 is 1.43 bits per heavy atom. The summed E-state index contributed by atoms with van der Waals surface area (Å²) in [6.45, 7) is 3.02. The van der Waals surface area contributed by atoms with Gasteiger partial charge in [-0.3, -0.25) is 4.98 Å². The van der Waals surface area contributed by atoms with Crippen molar-refractivity contribution in [3.8, 4) is 0 Å². The van der Waals surface area contributed by atoms with Crippen LogP contribution >= 0.6 is 11.6 Å². The lowest BCUT2D eigenvalue weighted by molar-refractivity contribution is -0.0878. The minimum atomic E-state index is -0.975. The number of β-amino-alcohol motifs (C(OH)–C–C–N with tert-alkyl or cyclic N) is 1. The first-order valence-electron chi connectivity index (χ1n) is 7.23. The number of nitrogens with zero attached hydrogens (tertiary/aromatic N) is 2. The van der Waals surface area contributed by atoms with Crippen LogP contribution in [0, 0.1) is 0 Å². The van der Waals surface area contributed by atoms with Crippen LogP contribution in [-0.4, -0.2) is 40.0 Å². The van der Waals surface area contributed by atoms with E-state index in [2.05, 4.69) is 9.88 Å². The smallest absolute Gasteiger partial charge is 0.100 e. The van der Waals surface area contributed by atoms with E-state index in [-0.39, 0.29) is 0 Å². The number of hydrogen-bond acceptors (Lipinski definition) is 4. The Morgan fingerprint density at radius 2 is 2.24 bits per heavy atom. The van der Waals surface area contributed by atoms with Gasteiger partial charge in [0.15, 0.2) is 0 Å². The molecule has 0 bridgehead atoms. The van der Waals surface area contributed by atoms with Crippen LogP contribution in [0.5, 0.6) is 0 Å². The molecule has 2 N–H and O–H groups in total. The Balaban J connectivity index is 1.97. The van der Waals surface area contributed by atoms with E-state index in [1.165, 1.54) is 0 Å². The molecule has 2 heterocycles. The Kier molecular flexibility index (Phi) is 3.78. The molecule has 1 aromatic carbocycles. The molecule has 0 unspecified atom stereocenters. The minimum Gasteiger partial charge on any atom is -0.388 e. The van der Waals surface area contributed by atoms with Gasteiger partial charge in [0.2, 0.25) is 0 Å². The minimum absolute atomic E-state index is 0.413. The van der Waals surface area contributed by atoms with Crippen molar-refractivity contribution < 1.29 is 10.2 Å². The van der Waals surface area contributed by atoms with Crippen molar-refractivity contribution in [2.24, 2.45) is 0 Å². The first kappa shape index (κ1) is 14.6. The summed E-state index contributed by atoms with van der Waals surface area (Å²) in [4.78, 5) is 6.44. The summed E-state index contributed by atoms with van der Waals surface area (Å²) in [7, 11) is 0. The molecule has 2 atom stereocenters. The number of hydrogen-bond donors (Lipinski definition) is 2. The lowest BCUT2D eigenvalue weighted by Gasteiger charge is -2.42. The number of anilines is 1. The maximum absolute atomic E-state index is 10.4. The second-order valence-corrected chi connectivity index (χ2v) is 6.10. The van der Waals surface area contributed by atoms with Gasteiger partial charge >= 0.3 is 0 Å². The topological polar surface area (TPSA) is 56.6 Å². The lowest BCUT2D eigenvalue weighted by Crippen LogP contribution is -2.55. The number of aliphatic hydroxyl groups is 2. The third-order valence-corrected chi connectivity index (χ3v) is 4.70. The third-order valence-electron chi connectivity index (χ3n) is 4.46. The molecule has 0 spiro atoms. The largest absolute Gasteiger partial charge is 0.388 e. The first-order chi connectivity index (χ1) is 10.0. The summed E-state index contributed by atoms with van der Waals surface area (Å²) < 4.78 is 0. The van der Waals surface area contributed by atoms with Gasteiger partial charge in [-0.25, -0.2) is 0 Å². The van der Waals surface area contributed by atoms with Gasteiger partial charge in [-0.2, -0.15) is 0 Å². The maximum Gasteiger partial charge on any atom is 0.100 e. The maximum atomic E-state index is 10.4. The van der Waals surface area contributed by atoms with Crippen molar-refractivity contribution in [2.75, 3.05) is 18.0 Å². The summed E-state index contributed by atoms with van der Waals surface area (Å²) in [6, 6.07) is 7.54. The van der Waals surface area contributed by atoms with Crippen LogP contribution in [0.2, 0.25) is 5.02 Å². The second-order valence-electron chi connectivity index (χ2n) is 5.66. The quantitative estimate of drug-likeness (QED) is 0.895. The van der Waals surface area contributed by atoms with Gasteiger partial charge < -0.3 is 15.1 Å². The summed E-state index contributed by atoms with van der Waals surface area (Å²) in [5, 5.41) is 22.3. The zero-order valence-corrected chi connectivity index (χ0v) is 12.7. The highest BCUT2D eigenvalue weighted by molar-refractivity contribution is 6.31. The highest BCUT2D eigenvalue weighted by Crippen LogP contribution is 2.33. The summed E-state index contributed by atoms with van der Waals surface area (Å²) in [5.41, 5.74) is 0.902. The van der Waals surface area contributed by atoms with E-state index in [9.17, 15) is 10.2 Å². The van der Waals surface area contributed by atoms with Crippen LogP contribution in [0.25, 0.3) is 10.9 Å². The molecular formula is C16H19ClN2O2. The lowest BCUT2D eigenvalue weighted by atomic mass is 9.86. The molecule has 1 saturated heterocycles. The van der Waals surface area contributed by atoms with Gasteiger partial charge in [-0.1, -0.05) is 18.5 Å². The van der Waals surface area contributed by atoms with E-state index < -0.39 is 11.7 Å². The van der Waals surface area contributed by atoms with Gasteiger partial charge in [0, 0.05) is 35.4 Å². The zero-order chi connectivity index (χ0) is 15.0. The fourth-order valence-corrected chi connectivity index (χ4v) is 3.15. The molecule has 1 aliphatic rings. The van der Waals surface area contributed by atoms with E-state index in [4.69, 9.17) is 11.6 Å². The molecule has 2 aromatic rings. The summed E-state index contributed by atoms with van der Waals surface area (Å²) in [6.07, 6.45) is 2.12. The predicted molar refractivity (Wildman–Crippen MR) is 84.8 cm³/mol. The van der Waals surface area contributed by atoms with Crippen LogP contribution in [0.1, 0.15) is 19.8 Å². The Hall–Kier alpha value is -1.36. The van der Waals surface area contributed by atoms with E-state index >= 15 is 0 Å². The molecule has 0 amide bonds. The van der Waals surface area contributed by atoms with E-state index in [1.54, 1.807) is 6.20 Å². The Morgan fingerprint density at radius 3 is 2.95 bits per heavy atom. The van der Waals surface area contributed by atoms with Crippen molar-refractivity contribution >= 4 is 28.2 Å². The fraction of sp³-hybridized carbons (Fsp3) is 0.438. The Labute approximate surface area is 129 Å². The molecule has 0 radical (unpaired) electrons. The number of aromatic nitrogens is 1. The number of halogens is 1. The van der Waals surface area contributed by atoms with E-state index in [0.29, 0.717) is 31.0 Å². The van der Waals surface area contributed by atoms with Crippen molar-refractivity contribution in [2.45, 2.75) is 31.5 Å². The second kappa shape index (κ2) is 5.44. The molecule has 1 aliphatic heterocycles. The van der Waals surface area contributed by atoms with Crippen molar-refractivity contribution in [1.29, 1.82) is 0 Å². The molecular weight excluding hydrogens is 288 g/mol. The average molecular weight is 307 g/mol. The number of fused-ring (bicyclic) bond motifs is 1. The SMILES string of the molecule is CC[C@@]1(O)CCN(c2ccnc3ccc(Cl)cc23)C[C@H]1O. The molecule has 112 valence electrons. The van der Waals surface area contributed by atoms with Crippen molar-refractivity contribution in [3.05, 3.63) is 35.5 Å². The summed E-state index contributed by atoms with van der Waals surface area (Å²) in [5.74, 6) is 0. The van der Waals surface area contributed by atoms with Crippen LogP contribution < -0.4 is 4.90 Å². The van der Waals surface area contributed by atoms with Gasteiger partial charge in [0.05, 0.1) is 11.1 Å². The molecule has 0 saturated carbocycles. The number of piperidine rings is 1. The van der Waals surface area contributed by atoms with Crippen LogP contribution in [0.15, 0.2) is 30.5 Å². The van der Waals surface area contributed by atoms with Gasteiger partial charge in [-0.05, 0) is 37.1 Å². The average Bonchev–Trinajstić information content (AvgIpc) is 2.49. The standard InChI is InChI=1S/C16H19ClN2O2/c1-2-16(21)6-8-19(10-15(16)20)14-5-7-18-13-4-3-11(17)9-12(13)14/h3-5,7,9,15,20-21H,2,6,8,10H2,1H3/t15-,16-/m1/s1. The molecule has 5 heteroatoms. The van der Waals surface area contributed by atoms with Crippen LogP contribution in [0.4, 0.5) is 5.69 Å². The first-order valence-corrected chi connectivity index (χ1v) is 7.61. The molecule has 21 heavy (non-hydrogen) atoms. The van der Waals surface area contributed by atoms with E-state index in [0.717, 1.165) is 16.6 Å². The molecule has 1 fully saturated rings. The van der Waals surface area contributed by atoms with Gasteiger partial charge in [-0.15, -0.1) is 0 Å². The number of pyridine rings is 1. The number of benzene rings is 1. The third kappa shape index (κ3) is 2.59. The fourth-order valence-electron chi connectivity index (χ4n) is 2.98. The Bertz CT molecular complexity index is 664. The van der Waals surface area contributed by atoms with Crippen molar-refractivity contribution in [1.82, 2.24) is 4.98 Å². The predicted octanol–water partition coefficient (Wildman–Crippen LogP) is 2.60. The van der Waals surface area contributed by atoms with Crippen molar-refractivity contribution in [3.63, 3.8) is 0 Å². The zero-order valence-electron chi connectivity index (χ0n) is 12.0. The normalized spacial score (nSPS) is 26.3. The van der Waals surface area contributed by atoms with Crippen LogP contribution in [-0.2, 0) is 0 Å². The monoisotopic (exact) mass is 306 g/mol. The molecule has 1 aromatic heterocycles. The molecule has 3 rings (SSSR count).